The number of amides is 1. The minimum Gasteiger partial charge on any atom is -0.504 e. The van der Waals surface area contributed by atoms with E-state index in [2.05, 4.69) is 18.9 Å². The molecule has 3 rings (SSSR count). The van der Waals surface area contributed by atoms with Crippen LogP contribution in [0.4, 0.5) is 0 Å². The van der Waals surface area contributed by atoms with Gasteiger partial charge in [0.25, 0.3) is 5.91 Å². The van der Waals surface area contributed by atoms with Crippen molar-refractivity contribution < 1.29 is 19.8 Å². The number of likely N-dealkylation sites (tertiary alicyclic amines) is 1. The lowest BCUT2D eigenvalue weighted by Gasteiger charge is -2.37. The highest BCUT2D eigenvalue weighted by molar-refractivity contribution is 5.95. The Bertz CT molecular complexity index is 841. The number of carboxylic acid groups (broad SMARTS) is 1. The minimum absolute atomic E-state index is 0.0548. The van der Waals surface area contributed by atoms with E-state index in [0.29, 0.717) is 25.3 Å². The van der Waals surface area contributed by atoms with Crippen LogP contribution in [0.2, 0.25) is 0 Å². The van der Waals surface area contributed by atoms with E-state index in [1.54, 1.807) is 6.92 Å². The van der Waals surface area contributed by atoms with Gasteiger partial charge in [0.05, 0.1) is 17.8 Å². The van der Waals surface area contributed by atoms with E-state index in [1.165, 1.54) is 21.3 Å². The van der Waals surface area contributed by atoms with Crippen LogP contribution in [0.5, 0.6) is 5.75 Å². The van der Waals surface area contributed by atoms with Gasteiger partial charge in [0, 0.05) is 12.6 Å². The lowest BCUT2D eigenvalue weighted by Crippen LogP contribution is -2.49. The Morgan fingerprint density at radius 3 is 2.48 bits per heavy atom. The molecule has 0 bridgehead atoms. The summed E-state index contributed by atoms with van der Waals surface area (Å²) < 4.78 is 1.47. The molecule has 1 aromatic heterocycles. The first-order valence-electron chi connectivity index (χ1n) is 9.22. The molecular formula is C20H25N3O4. The normalized spacial score (nSPS) is 20.1. The molecule has 1 saturated heterocycles. The molecule has 1 aromatic carbocycles. The summed E-state index contributed by atoms with van der Waals surface area (Å²) in [5.74, 6) is -1.75. The van der Waals surface area contributed by atoms with Gasteiger partial charge in [-0.15, -0.1) is 0 Å². The maximum Gasteiger partial charge on any atom is 0.308 e. The Morgan fingerprint density at radius 2 is 1.89 bits per heavy atom. The fraction of sp³-hybridized carbons (Fsp3) is 0.450. The molecule has 0 radical (unpaired) electrons. The number of nitrogens with zero attached hydrogens (tertiary/aromatic N) is 3. The van der Waals surface area contributed by atoms with E-state index in [9.17, 15) is 19.8 Å². The number of rotatable bonds is 4. The summed E-state index contributed by atoms with van der Waals surface area (Å²) in [6.07, 6.45) is 2.56. The third kappa shape index (κ3) is 3.67. The van der Waals surface area contributed by atoms with Crippen molar-refractivity contribution in [1.82, 2.24) is 14.7 Å². The topological polar surface area (TPSA) is 95.7 Å². The van der Waals surface area contributed by atoms with Crippen molar-refractivity contribution in [3.63, 3.8) is 0 Å². The molecule has 0 unspecified atom stereocenters. The lowest BCUT2D eigenvalue weighted by molar-refractivity contribution is -0.144. The molecule has 27 heavy (non-hydrogen) atoms. The smallest absolute Gasteiger partial charge is 0.308 e. The highest BCUT2D eigenvalue weighted by atomic mass is 16.4. The molecule has 0 saturated carbocycles. The van der Waals surface area contributed by atoms with Gasteiger partial charge in [-0.2, -0.15) is 5.10 Å². The molecular weight excluding hydrogens is 346 g/mol. The van der Waals surface area contributed by atoms with Gasteiger partial charge >= 0.3 is 5.97 Å². The number of aliphatic carboxylic acids is 1. The second kappa shape index (κ2) is 7.42. The Labute approximate surface area is 158 Å². The number of aromatic nitrogens is 2. The number of carbonyl (C=O) groups is 2. The first-order valence-corrected chi connectivity index (χ1v) is 9.22. The van der Waals surface area contributed by atoms with Crippen molar-refractivity contribution in [3.05, 3.63) is 41.7 Å². The molecule has 2 aromatic rings. The number of hydrogen-bond acceptors (Lipinski definition) is 4. The Morgan fingerprint density at radius 1 is 1.22 bits per heavy atom. The van der Waals surface area contributed by atoms with E-state index < -0.39 is 23.8 Å². The van der Waals surface area contributed by atoms with Crippen LogP contribution in [-0.4, -0.2) is 49.4 Å². The zero-order valence-electron chi connectivity index (χ0n) is 15.8. The summed E-state index contributed by atoms with van der Waals surface area (Å²) in [7, 11) is 0. The standard InChI is InChI=1S/C20H25N3O4/c1-12(2)14-6-8-15(9-7-14)23-11-17(24)18(21-23)19(25)22-10-4-5-16(13(22)3)20(26)27/h6-9,11-13,16,24H,4-5,10H2,1-3H3,(H,26,27)/t13-,16-/m0/s1. The van der Waals surface area contributed by atoms with Crippen LogP contribution in [0.25, 0.3) is 5.69 Å². The zero-order chi connectivity index (χ0) is 19.7. The van der Waals surface area contributed by atoms with Crippen LogP contribution < -0.4 is 0 Å². The molecule has 7 nitrogen and oxygen atoms in total. The van der Waals surface area contributed by atoms with Gasteiger partial charge < -0.3 is 15.1 Å². The van der Waals surface area contributed by atoms with Crippen molar-refractivity contribution in [3.8, 4) is 11.4 Å². The lowest BCUT2D eigenvalue weighted by atomic mass is 9.90. The zero-order valence-corrected chi connectivity index (χ0v) is 15.8. The minimum atomic E-state index is -0.903. The van der Waals surface area contributed by atoms with Crippen molar-refractivity contribution in [1.29, 1.82) is 0 Å². The van der Waals surface area contributed by atoms with Crippen LogP contribution in [-0.2, 0) is 4.79 Å². The summed E-state index contributed by atoms with van der Waals surface area (Å²) >= 11 is 0. The maximum atomic E-state index is 12.9. The molecule has 2 N–H and O–H groups in total. The molecule has 144 valence electrons. The summed E-state index contributed by atoms with van der Waals surface area (Å²) in [5.41, 5.74) is 1.87. The van der Waals surface area contributed by atoms with E-state index in [0.717, 1.165) is 5.69 Å². The second-order valence-corrected chi connectivity index (χ2v) is 7.38. The molecule has 1 amide bonds. The third-order valence-corrected chi connectivity index (χ3v) is 5.29. The van der Waals surface area contributed by atoms with Crippen LogP contribution in [0.3, 0.4) is 0 Å². The van der Waals surface area contributed by atoms with Gasteiger partial charge in [-0.05, 0) is 43.4 Å². The van der Waals surface area contributed by atoms with Gasteiger partial charge in [-0.3, -0.25) is 9.59 Å². The molecule has 7 heteroatoms. The van der Waals surface area contributed by atoms with Crippen molar-refractivity contribution in [2.75, 3.05) is 6.54 Å². The van der Waals surface area contributed by atoms with Crippen molar-refractivity contribution in [2.45, 2.75) is 45.6 Å². The first kappa shape index (κ1) is 18.9. The predicted octanol–water partition coefficient (Wildman–Crippen LogP) is 3.03. The average Bonchev–Trinajstić information content (AvgIpc) is 3.03. The second-order valence-electron chi connectivity index (χ2n) is 7.38. The van der Waals surface area contributed by atoms with E-state index in [4.69, 9.17) is 0 Å². The van der Waals surface area contributed by atoms with Crippen LogP contribution >= 0.6 is 0 Å². The fourth-order valence-corrected chi connectivity index (χ4v) is 3.56. The van der Waals surface area contributed by atoms with Crippen molar-refractivity contribution >= 4 is 11.9 Å². The van der Waals surface area contributed by atoms with E-state index >= 15 is 0 Å². The quantitative estimate of drug-likeness (QED) is 0.861. The molecule has 2 atom stereocenters. The molecule has 2 heterocycles. The maximum absolute atomic E-state index is 12.9. The average molecular weight is 371 g/mol. The summed E-state index contributed by atoms with van der Waals surface area (Å²) in [5, 5.41) is 23.9. The predicted molar refractivity (Wildman–Crippen MR) is 100 cm³/mol. The van der Waals surface area contributed by atoms with Gasteiger partial charge in [0.15, 0.2) is 11.4 Å². The monoisotopic (exact) mass is 371 g/mol. The highest BCUT2D eigenvalue weighted by Gasteiger charge is 2.37. The highest BCUT2D eigenvalue weighted by Crippen LogP contribution is 2.28. The molecule has 1 aliphatic rings. The summed E-state index contributed by atoms with van der Waals surface area (Å²) in [6.45, 7) is 6.40. The Hall–Kier alpha value is -2.83. The first-order chi connectivity index (χ1) is 12.8. The largest absolute Gasteiger partial charge is 0.504 e. The fourth-order valence-electron chi connectivity index (χ4n) is 3.56. The summed E-state index contributed by atoms with van der Waals surface area (Å²) in [6, 6.07) is 7.31. The Kier molecular flexibility index (Phi) is 5.21. The van der Waals surface area contributed by atoms with Gasteiger partial charge in [-0.1, -0.05) is 26.0 Å². The van der Waals surface area contributed by atoms with Crippen LogP contribution in [0.1, 0.15) is 55.6 Å². The van der Waals surface area contributed by atoms with Gasteiger partial charge in [-0.25, -0.2) is 4.68 Å². The number of hydrogen-bond donors (Lipinski definition) is 2. The van der Waals surface area contributed by atoms with Crippen molar-refractivity contribution in [2.24, 2.45) is 5.92 Å². The number of piperidine rings is 1. The van der Waals surface area contributed by atoms with Gasteiger partial charge in [0.1, 0.15) is 0 Å². The van der Waals surface area contributed by atoms with Gasteiger partial charge in [0.2, 0.25) is 0 Å². The van der Waals surface area contributed by atoms with E-state index in [-0.39, 0.29) is 11.4 Å². The number of carbonyl (C=O) groups excluding carboxylic acids is 1. The Balaban J connectivity index is 1.85. The SMILES string of the molecule is CC(C)c1ccc(-n2cc(O)c(C(=O)N3CCC[C@H](C(=O)O)[C@@H]3C)n2)cc1. The molecule has 1 fully saturated rings. The molecule has 0 aliphatic carbocycles. The third-order valence-electron chi connectivity index (χ3n) is 5.29. The van der Waals surface area contributed by atoms with Crippen LogP contribution in [0.15, 0.2) is 30.5 Å². The molecule has 1 aliphatic heterocycles. The molecule has 0 spiro atoms. The summed E-state index contributed by atoms with van der Waals surface area (Å²) in [4.78, 5) is 25.8. The number of aromatic hydroxyl groups is 1. The number of carboxylic acids is 1. The number of benzene rings is 1. The van der Waals surface area contributed by atoms with E-state index in [1.807, 2.05) is 24.3 Å². The van der Waals surface area contributed by atoms with Crippen LogP contribution in [0, 0.1) is 5.92 Å².